The molecule has 3 rings (SSSR count). The van der Waals surface area contributed by atoms with Crippen LogP contribution >= 0.6 is 31.9 Å². The number of esters is 1. The van der Waals surface area contributed by atoms with Gasteiger partial charge in [-0.25, -0.2) is 14.5 Å². The molecule has 3 aliphatic carbocycles. The van der Waals surface area contributed by atoms with Gasteiger partial charge in [-0.2, -0.15) is 0 Å². The summed E-state index contributed by atoms with van der Waals surface area (Å²) in [5, 5.41) is 0. The maximum atomic E-state index is 14.0. The van der Waals surface area contributed by atoms with Crippen LogP contribution in [0.1, 0.15) is 144 Å². The molecule has 3 unspecified atom stereocenters. The van der Waals surface area contributed by atoms with Crippen LogP contribution in [-0.2, 0) is 19.0 Å². The number of imide groups is 1. The van der Waals surface area contributed by atoms with E-state index in [0.29, 0.717) is 23.7 Å². The van der Waals surface area contributed by atoms with Crippen LogP contribution in [0, 0.1) is 5.92 Å². The maximum absolute atomic E-state index is 14.0. The van der Waals surface area contributed by atoms with E-state index in [1.54, 1.807) is 6.08 Å². The molecule has 254 valence electrons. The van der Waals surface area contributed by atoms with Gasteiger partial charge >= 0.3 is 18.2 Å². The zero-order valence-corrected chi connectivity index (χ0v) is 31.7. The molecule has 2 amide bonds. The quantitative estimate of drug-likeness (QED) is 0.0727. The van der Waals surface area contributed by atoms with Crippen molar-refractivity contribution in [3.63, 3.8) is 0 Å². The maximum Gasteiger partial charge on any atom is 0.420 e. The predicted molar refractivity (Wildman–Crippen MR) is 190 cm³/mol. The molecule has 7 nitrogen and oxygen atoms in total. The van der Waals surface area contributed by atoms with Crippen molar-refractivity contribution in [3.05, 3.63) is 12.7 Å². The molecule has 0 spiro atoms. The number of amides is 2. The number of hydrogen-bond acceptors (Lipinski definition) is 6. The highest BCUT2D eigenvalue weighted by Gasteiger charge is 2.48. The van der Waals surface area contributed by atoms with Gasteiger partial charge in [0.1, 0.15) is 17.8 Å². The fourth-order valence-corrected chi connectivity index (χ4v) is 12.1. The van der Waals surface area contributed by atoms with Crippen molar-refractivity contribution >= 4 is 50.1 Å². The third kappa shape index (κ3) is 12.7. The van der Waals surface area contributed by atoms with Gasteiger partial charge in [0.25, 0.3) is 0 Å². The minimum absolute atomic E-state index is 0. The molecule has 0 radical (unpaired) electrons. The Morgan fingerprint density at radius 3 is 1.75 bits per heavy atom. The van der Waals surface area contributed by atoms with Crippen LogP contribution in [0.25, 0.3) is 0 Å². The largest absolute Gasteiger partial charge is 0.461 e. The highest BCUT2D eigenvalue weighted by atomic mass is 127. The average molecular weight is 750 g/mol. The van der Waals surface area contributed by atoms with Gasteiger partial charge in [0.15, 0.2) is 0 Å². The number of ether oxygens (including phenoxy) is 3. The Labute approximate surface area is 286 Å². The monoisotopic (exact) mass is 749 g/mol. The van der Waals surface area contributed by atoms with Gasteiger partial charge in [-0.15, -0.1) is 24.0 Å². The smallest absolute Gasteiger partial charge is 0.420 e. The molecule has 0 aromatic carbocycles. The molecular formula is C35H61INO6P. The van der Waals surface area contributed by atoms with E-state index in [9.17, 15) is 14.4 Å². The minimum atomic E-state index is -0.732. The van der Waals surface area contributed by atoms with E-state index in [2.05, 4.69) is 6.58 Å². The standard InChI is InChI=1S/C35H60NO6P.HI/c1-8-24-40-31(37)21-15-16-26-22-23-30(43(27-17-11-9-12-18-27)28-19-13-10-14-20-28)29(25-26)36(32(38)41-34(2,3)4)33(39)42-35(5,6)7;/h8,26-30H,1,9-25H2,2-7H3;1H. The Kier molecular flexibility index (Phi) is 16.5. The van der Waals surface area contributed by atoms with Gasteiger partial charge in [-0.3, -0.25) is 4.79 Å². The van der Waals surface area contributed by atoms with Crippen molar-refractivity contribution in [2.75, 3.05) is 6.61 Å². The fourth-order valence-electron chi connectivity index (χ4n) is 7.43. The van der Waals surface area contributed by atoms with E-state index < -0.39 is 31.3 Å². The predicted octanol–water partition coefficient (Wildman–Crippen LogP) is 10.4. The minimum Gasteiger partial charge on any atom is -0.461 e. The van der Waals surface area contributed by atoms with Gasteiger partial charge in [0.2, 0.25) is 0 Å². The van der Waals surface area contributed by atoms with Crippen molar-refractivity contribution in [3.8, 4) is 0 Å². The molecule has 0 saturated heterocycles. The topological polar surface area (TPSA) is 82.1 Å². The van der Waals surface area contributed by atoms with Crippen molar-refractivity contribution in [2.45, 2.75) is 178 Å². The molecule has 3 atom stereocenters. The zero-order valence-electron chi connectivity index (χ0n) is 28.4. The number of rotatable bonds is 10. The molecule has 3 aliphatic rings. The summed E-state index contributed by atoms with van der Waals surface area (Å²) in [6, 6.07) is -0.258. The third-order valence-electron chi connectivity index (χ3n) is 9.13. The summed E-state index contributed by atoms with van der Waals surface area (Å²) in [4.78, 5) is 41.5. The summed E-state index contributed by atoms with van der Waals surface area (Å²) < 4.78 is 17.0. The van der Waals surface area contributed by atoms with Crippen molar-refractivity contribution < 1.29 is 28.6 Å². The lowest BCUT2D eigenvalue weighted by Gasteiger charge is -2.50. The van der Waals surface area contributed by atoms with Gasteiger partial charge in [-0.1, -0.05) is 59.1 Å². The lowest BCUT2D eigenvalue weighted by Crippen LogP contribution is -2.55. The first-order chi connectivity index (χ1) is 20.3. The molecule has 3 saturated carbocycles. The second-order valence-electron chi connectivity index (χ2n) is 15.0. The van der Waals surface area contributed by atoms with E-state index >= 15 is 0 Å². The number of halogens is 1. The lowest BCUT2D eigenvalue weighted by atomic mass is 9.81. The Balaban J connectivity index is 0.00000675. The Morgan fingerprint density at radius 1 is 0.795 bits per heavy atom. The Hall–Kier alpha value is -0.890. The normalized spacial score (nSPS) is 23.8. The molecule has 3 fully saturated rings. The zero-order chi connectivity index (χ0) is 31.6. The molecule has 0 aromatic rings. The molecular weight excluding hydrogens is 688 g/mol. The summed E-state index contributed by atoms with van der Waals surface area (Å²) in [5.41, 5.74) is 0.230. The second-order valence-corrected chi connectivity index (χ2v) is 18.1. The van der Waals surface area contributed by atoms with Gasteiger partial charge in [0.05, 0.1) is 6.04 Å². The van der Waals surface area contributed by atoms with Crippen molar-refractivity contribution in [1.29, 1.82) is 0 Å². The number of carbonyl (C=O) groups excluding carboxylic acids is 3. The van der Waals surface area contributed by atoms with Crippen LogP contribution in [0.4, 0.5) is 9.59 Å². The van der Waals surface area contributed by atoms with Crippen LogP contribution in [0.15, 0.2) is 12.7 Å². The molecule has 0 aliphatic heterocycles. The summed E-state index contributed by atoms with van der Waals surface area (Å²) in [5.74, 6) is 0.114. The van der Waals surface area contributed by atoms with Crippen molar-refractivity contribution in [2.24, 2.45) is 5.92 Å². The third-order valence-corrected chi connectivity index (χ3v) is 13.2. The Morgan fingerprint density at radius 2 is 1.30 bits per heavy atom. The summed E-state index contributed by atoms with van der Waals surface area (Å²) in [6.45, 7) is 14.9. The molecule has 0 heterocycles. The fraction of sp³-hybridized carbons (Fsp3) is 0.857. The van der Waals surface area contributed by atoms with Crippen LogP contribution in [0.3, 0.4) is 0 Å². The van der Waals surface area contributed by atoms with E-state index in [1.165, 1.54) is 69.1 Å². The Bertz CT molecular complexity index is 873. The number of carbonyl (C=O) groups is 3. The van der Waals surface area contributed by atoms with Gasteiger partial charge in [-0.05, 0) is 117 Å². The lowest BCUT2D eigenvalue weighted by molar-refractivity contribution is -0.142. The molecule has 44 heavy (non-hydrogen) atoms. The number of hydrogen-bond donors (Lipinski definition) is 0. The van der Waals surface area contributed by atoms with Crippen LogP contribution in [0.5, 0.6) is 0 Å². The SMILES string of the molecule is C=CCOC(=O)CCCC1CCC(P(C2CCCCC2)C2CCCCC2)C(N(C(=O)OC(C)(C)C)C(=O)OC(C)(C)C)C1.I. The molecule has 0 aromatic heterocycles. The van der Waals surface area contributed by atoms with Crippen LogP contribution in [-0.4, -0.2) is 63.9 Å². The van der Waals surface area contributed by atoms with Gasteiger partial charge < -0.3 is 14.2 Å². The molecule has 0 bridgehead atoms. The summed E-state index contributed by atoms with van der Waals surface area (Å²) in [6.07, 6.45) is 18.1. The van der Waals surface area contributed by atoms with E-state index in [-0.39, 0.29) is 48.3 Å². The van der Waals surface area contributed by atoms with E-state index in [1.807, 2.05) is 41.5 Å². The van der Waals surface area contributed by atoms with Crippen LogP contribution in [0.2, 0.25) is 0 Å². The van der Waals surface area contributed by atoms with Gasteiger partial charge in [0, 0.05) is 12.1 Å². The highest BCUT2D eigenvalue weighted by Crippen LogP contribution is 2.63. The van der Waals surface area contributed by atoms with E-state index in [4.69, 9.17) is 14.2 Å². The first-order valence-electron chi connectivity index (χ1n) is 17.1. The molecule has 0 N–H and O–H groups in total. The summed E-state index contributed by atoms with van der Waals surface area (Å²) in [7, 11) is -0.393. The summed E-state index contributed by atoms with van der Waals surface area (Å²) >= 11 is 0. The molecule has 9 heteroatoms. The highest BCUT2D eigenvalue weighted by molar-refractivity contribution is 14.0. The van der Waals surface area contributed by atoms with Crippen LogP contribution < -0.4 is 0 Å². The van der Waals surface area contributed by atoms with Crippen molar-refractivity contribution in [1.82, 2.24) is 4.90 Å². The number of nitrogens with zero attached hydrogens (tertiary/aromatic N) is 1. The first-order valence-corrected chi connectivity index (χ1v) is 18.6. The second kappa shape index (κ2) is 18.4. The van der Waals surface area contributed by atoms with E-state index in [0.717, 1.165) is 32.1 Å². The first kappa shape index (κ1) is 39.3. The average Bonchev–Trinajstić information content (AvgIpc) is 2.92.